The molecular weight excluding hydrogens is 138 g/mol. The zero-order chi connectivity index (χ0) is 7.68. The second-order valence-corrected chi connectivity index (χ2v) is 2.49. The van der Waals surface area contributed by atoms with Gasteiger partial charge in [0.2, 0.25) is 0 Å². The number of hydrogen-bond donors (Lipinski definition) is 0. The fourth-order valence-corrected chi connectivity index (χ4v) is 1.15. The first-order valence-electron chi connectivity index (χ1n) is 3.53. The lowest BCUT2D eigenvalue weighted by Crippen LogP contribution is -2.04. The van der Waals surface area contributed by atoms with E-state index in [-0.39, 0.29) is 5.78 Å². The first kappa shape index (κ1) is 6.28. The van der Waals surface area contributed by atoms with Crippen LogP contribution in [0.4, 0.5) is 0 Å². The van der Waals surface area contributed by atoms with Crippen molar-refractivity contribution in [2.45, 2.75) is 6.42 Å². The van der Waals surface area contributed by atoms with Crippen LogP contribution in [0.15, 0.2) is 40.6 Å². The second kappa shape index (κ2) is 2.31. The smallest absolute Gasteiger partial charge is 0.197 e. The minimum atomic E-state index is -0.0244. The van der Waals surface area contributed by atoms with Crippen molar-refractivity contribution in [3.63, 3.8) is 0 Å². The Hall–Kier alpha value is -1.44. The molecular formula is C9H7NO. The van der Waals surface area contributed by atoms with E-state index in [9.17, 15) is 4.79 Å². The summed E-state index contributed by atoms with van der Waals surface area (Å²) in [6.45, 7) is 0. The Labute approximate surface area is 64.6 Å². The van der Waals surface area contributed by atoms with Crippen molar-refractivity contribution >= 4 is 12.0 Å². The number of fused-ring (bicyclic) bond motifs is 1. The Morgan fingerprint density at radius 2 is 2.36 bits per heavy atom. The van der Waals surface area contributed by atoms with Crippen molar-refractivity contribution in [3.05, 3.63) is 35.6 Å². The molecule has 0 bridgehead atoms. The van der Waals surface area contributed by atoms with Gasteiger partial charge < -0.3 is 0 Å². The minimum Gasteiger partial charge on any atom is -0.288 e. The Bertz CT molecular complexity index is 318. The molecule has 2 rings (SSSR count). The van der Waals surface area contributed by atoms with Crippen molar-refractivity contribution in [2.24, 2.45) is 4.99 Å². The van der Waals surface area contributed by atoms with Crippen molar-refractivity contribution in [2.75, 3.05) is 0 Å². The maximum Gasteiger partial charge on any atom is 0.197 e. The van der Waals surface area contributed by atoms with Gasteiger partial charge in [-0.25, -0.2) is 0 Å². The van der Waals surface area contributed by atoms with Gasteiger partial charge in [0.05, 0.1) is 11.9 Å². The molecule has 0 fully saturated rings. The lowest BCUT2D eigenvalue weighted by atomic mass is 10.0. The Balaban J connectivity index is 2.44. The van der Waals surface area contributed by atoms with E-state index in [4.69, 9.17) is 0 Å². The Morgan fingerprint density at radius 3 is 3.27 bits per heavy atom. The van der Waals surface area contributed by atoms with Crippen LogP contribution in [-0.4, -0.2) is 12.0 Å². The zero-order valence-electron chi connectivity index (χ0n) is 5.95. The fraction of sp³-hybridized carbons (Fsp3) is 0.111. The molecule has 0 aromatic rings. The summed E-state index contributed by atoms with van der Waals surface area (Å²) in [6, 6.07) is 0. The molecule has 1 aliphatic heterocycles. The van der Waals surface area contributed by atoms with Gasteiger partial charge in [0, 0.05) is 5.57 Å². The molecule has 0 N–H and O–H groups in total. The highest BCUT2D eigenvalue weighted by Crippen LogP contribution is 2.20. The molecule has 2 aliphatic rings. The number of carbonyl (C=O) groups is 1. The van der Waals surface area contributed by atoms with E-state index < -0.39 is 0 Å². The third kappa shape index (κ3) is 1.07. The number of aliphatic imine (C=N–C) groups is 1. The molecule has 0 amide bonds. The monoisotopic (exact) mass is 145 g/mol. The van der Waals surface area contributed by atoms with Crippen LogP contribution in [0.5, 0.6) is 0 Å². The van der Waals surface area contributed by atoms with Crippen LogP contribution in [0.1, 0.15) is 6.42 Å². The molecule has 0 aromatic heterocycles. The molecule has 0 atom stereocenters. The van der Waals surface area contributed by atoms with Gasteiger partial charge in [-0.2, -0.15) is 0 Å². The fourth-order valence-electron chi connectivity index (χ4n) is 1.15. The van der Waals surface area contributed by atoms with Crippen molar-refractivity contribution in [1.82, 2.24) is 0 Å². The molecule has 54 valence electrons. The zero-order valence-corrected chi connectivity index (χ0v) is 5.95. The quantitative estimate of drug-likeness (QED) is 0.506. The third-order valence-electron chi connectivity index (χ3n) is 1.67. The van der Waals surface area contributed by atoms with Crippen LogP contribution in [0.3, 0.4) is 0 Å². The molecule has 0 unspecified atom stereocenters. The van der Waals surface area contributed by atoms with E-state index in [0.29, 0.717) is 0 Å². The maximum absolute atomic E-state index is 10.8. The topological polar surface area (TPSA) is 29.4 Å². The number of hydrogen-bond acceptors (Lipinski definition) is 2. The molecule has 0 aromatic carbocycles. The second-order valence-electron chi connectivity index (χ2n) is 2.49. The molecule has 2 nitrogen and oxygen atoms in total. The molecule has 0 saturated heterocycles. The van der Waals surface area contributed by atoms with Gasteiger partial charge in [-0.1, -0.05) is 18.2 Å². The molecule has 1 heterocycles. The molecule has 0 spiro atoms. The minimum absolute atomic E-state index is 0.0244. The molecule has 1 aliphatic carbocycles. The highest BCUT2D eigenvalue weighted by molar-refractivity contribution is 6.34. The van der Waals surface area contributed by atoms with Crippen LogP contribution >= 0.6 is 0 Å². The van der Waals surface area contributed by atoms with Gasteiger partial charge in [0.25, 0.3) is 0 Å². The van der Waals surface area contributed by atoms with E-state index in [1.54, 1.807) is 6.08 Å². The normalized spacial score (nSPS) is 20.9. The predicted octanol–water partition coefficient (Wildman–Crippen LogP) is 1.41. The Kier molecular flexibility index (Phi) is 1.32. The van der Waals surface area contributed by atoms with Crippen LogP contribution < -0.4 is 0 Å². The number of rotatable bonds is 0. The van der Waals surface area contributed by atoms with Crippen LogP contribution in [-0.2, 0) is 4.79 Å². The van der Waals surface area contributed by atoms with Crippen LogP contribution in [0.2, 0.25) is 0 Å². The number of dihydropyridines is 1. The summed E-state index contributed by atoms with van der Waals surface area (Å²) in [7, 11) is 0. The van der Waals surface area contributed by atoms with Crippen molar-refractivity contribution in [1.29, 1.82) is 0 Å². The summed E-state index contributed by atoms with van der Waals surface area (Å²) in [4.78, 5) is 14.8. The van der Waals surface area contributed by atoms with Crippen LogP contribution in [0, 0.1) is 0 Å². The highest BCUT2D eigenvalue weighted by atomic mass is 16.1. The summed E-state index contributed by atoms with van der Waals surface area (Å²) in [5, 5.41) is 0. The van der Waals surface area contributed by atoms with E-state index in [2.05, 4.69) is 4.99 Å². The first-order valence-corrected chi connectivity index (χ1v) is 3.53. The van der Waals surface area contributed by atoms with Gasteiger partial charge in [0.15, 0.2) is 5.78 Å². The van der Waals surface area contributed by atoms with E-state index in [1.165, 1.54) is 6.21 Å². The standard InChI is InChI=1S/C9H7NO/c11-8-5-7-3-1-2-4-9(7)10-6-8/h1,3-6H,2H2. The largest absolute Gasteiger partial charge is 0.288 e. The maximum atomic E-state index is 10.8. The molecule has 0 saturated carbocycles. The van der Waals surface area contributed by atoms with Gasteiger partial charge in [-0.05, 0) is 12.5 Å². The average Bonchev–Trinajstić information content (AvgIpc) is 2.04. The number of carbonyl (C=O) groups excluding carboxylic acids is 1. The summed E-state index contributed by atoms with van der Waals surface area (Å²) in [5.74, 6) is -0.0244. The van der Waals surface area contributed by atoms with E-state index in [0.717, 1.165) is 17.7 Å². The first-order chi connectivity index (χ1) is 5.36. The predicted molar refractivity (Wildman–Crippen MR) is 43.4 cm³/mol. The van der Waals surface area contributed by atoms with Gasteiger partial charge >= 0.3 is 0 Å². The average molecular weight is 145 g/mol. The molecule has 11 heavy (non-hydrogen) atoms. The number of allylic oxidation sites excluding steroid dienone is 4. The molecule has 2 heteroatoms. The van der Waals surface area contributed by atoms with Gasteiger partial charge in [-0.15, -0.1) is 0 Å². The Morgan fingerprint density at radius 1 is 1.45 bits per heavy atom. The number of ketones is 1. The summed E-state index contributed by atoms with van der Waals surface area (Å²) >= 11 is 0. The number of nitrogens with zero attached hydrogens (tertiary/aromatic N) is 1. The lowest BCUT2D eigenvalue weighted by Gasteiger charge is -2.09. The van der Waals surface area contributed by atoms with Gasteiger partial charge in [0.1, 0.15) is 0 Å². The summed E-state index contributed by atoms with van der Waals surface area (Å²) in [6.07, 6.45) is 9.84. The summed E-state index contributed by atoms with van der Waals surface area (Å²) in [5.41, 5.74) is 1.86. The van der Waals surface area contributed by atoms with Gasteiger partial charge in [-0.3, -0.25) is 9.79 Å². The van der Waals surface area contributed by atoms with Crippen molar-refractivity contribution < 1.29 is 4.79 Å². The van der Waals surface area contributed by atoms with Crippen molar-refractivity contribution in [3.8, 4) is 0 Å². The molecule has 0 radical (unpaired) electrons. The van der Waals surface area contributed by atoms with Crippen LogP contribution in [0.25, 0.3) is 0 Å². The summed E-state index contributed by atoms with van der Waals surface area (Å²) < 4.78 is 0. The van der Waals surface area contributed by atoms with E-state index in [1.807, 2.05) is 18.2 Å². The van der Waals surface area contributed by atoms with E-state index >= 15 is 0 Å². The lowest BCUT2D eigenvalue weighted by molar-refractivity contribution is -0.108. The highest BCUT2D eigenvalue weighted by Gasteiger charge is 2.09. The SMILES string of the molecule is O=C1C=NC2=CCC=CC2=C1. The third-order valence-corrected chi connectivity index (χ3v) is 1.67.